The standard InChI is InChI=1S/C15H15Br2NO/c1-19-14-4-2-3-10(5-14)6-15(18)11-7-12(16)9-13(17)8-11/h2-5,7-9,15H,6,18H2,1H3. The van der Waals surface area contributed by atoms with E-state index in [2.05, 4.69) is 50.1 Å². The molecule has 2 rings (SSSR count). The second-order valence-electron chi connectivity index (χ2n) is 4.36. The van der Waals surface area contributed by atoms with Gasteiger partial charge in [0.2, 0.25) is 0 Å². The minimum atomic E-state index is -0.0408. The summed E-state index contributed by atoms with van der Waals surface area (Å²) in [5.41, 5.74) is 8.54. The van der Waals surface area contributed by atoms with Crippen molar-refractivity contribution in [3.05, 3.63) is 62.5 Å². The van der Waals surface area contributed by atoms with Crippen molar-refractivity contribution in [2.24, 2.45) is 5.73 Å². The lowest BCUT2D eigenvalue weighted by molar-refractivity contribution is 0.414. The van der Waals surface area contributed by atoms with E-state index in [1.807, 2.05) is 24.3 Å². The molecule has 0 saturated carbocycles. The number of rotatable bonds is 4. The van der Waals surface area contributed by atoms with Gasteiger partial charge in [-0.1, -0.05) is 44.0 Å². The first-order valence-corrected chi connectivity index (χ1v) is 7.51. The normalized spacial score (nSPS) is 12.2. The van der Waals surface area contributed by atoms with Gasteiger partial charge in [0, 0.05) is 15.0 Å². The minimum absolute atomic E-state index is 0.0408. The lowest BCUT2D eigenvalue weighted by Crippen LogP contribution is -2.13. The molecule has 0 heterocycles. The number of methoxy groups -OCH3 is 1. The Morgan fingerprint density at radius 3 is 2.42 bits per heavy atom. The van der Waals surface area contributed by atoms with Gasteiger partial charge in [-0.3, -0.25) is 0 Å². The van der Waals surface area contributed by atoms with Crippen LogP contribution in [0, 0.1) is 0 Å². The Kier molecular flexibility index (Phi) is 5.02. The highest BCUT2D eigenvalue weighted by molar-refractivity contribution is 9.11. The van der Waals surface area contributed by atoms with Crippen LogP contribution in [0.2, 0.25) is 0 Å². The van der Waals surface area contributed by atoms with Gasteiger partial charge >= 0.3 is 0 Å². The Hall–Kier alpha value is -0.840. The Morgan fingerprint density at radius 2 is 1.79 bits per heavy atom. The smallest absolute Gasteiger partial charge is 0.119 e. The van der Waals surface area contributed by atoms with E-state index in [4.69, 9.17) is 10.5 Å². The molecule has 0 spiro atoms. The van der Waals surface area contributed by atoms with Crippen molar-refractivity contribution >= 4 is 31.9 Å². The van der Waals surface area contributed by atoms with Crippen molar-refractivity contribution < 1.29 is 4.74 Å². The number of benzene rings is 2. The first-order chi connectivity index (χ1) is 9.08. The van der Waals surface area contributed by atoms with Crippen LogP contribution in [0.4, 0.5) is 0 Å². The summed E-state index contributed by atoms with van der Waals surface area (Å²) in [5, 5.41) is 0. The molecule has 2 N–H and O–H groups in total. The zero-order valence-corrected chi connectivity index (χ0v) is 13.7. The molecule has 0 fully saturated rings. The first kappa shape index (κ1) is 14.6. The van der Waals surface area contributed by atoms with Crippen molar-refractivity contribution in [3.63, 3.8) is 0 Å². The van der Waals surface area contributed by atoms with Crippen LogP contribution in [-0.2, 0) is 6.42 Å². The monoisotopic (exact) mass is 383 g/mol. The van der Waals surface area contributed by atoms with Crippen molar-refractivity contribution in [1.29, 1.82) is 0 Å². The zero-order valence-electron chi connectivity index (χ0n) is 10.6. The molecular formula is C15H15Br2NO. The molecule has 0 aliphatic carbocycles. The molecule has 2 aromatic rings. The van der Waals surface area contributed by atoms with Crippen LogP contribution >= 0.6 is 31.9 Å². The summed E-state index contributed by atoms with van der Waals surface area (Å²) < 4.78 is 7.28. The van der Waals surface area contributed by atoms with Gasteiger partial charge < -0.3 is 10.5 Å². The first-order valence-electron chi connectivity index (χ1n) is 5.93. The van der Waals surface area contributed by atoms with Gasteiger partial charge in [0.15, 0.2) is 0 Å². The van der Waals surface area contributed by atoms with Gasteiger partial charge in [0.05, 0.1) is 7.11 Å². The number of hydrogen-bond acceptors (Lipinski definition) is 2. The highest BCUT2D eigenvalue weighted by Crippen LogP contribution is 2.25. The molecule has 1 unspecified atom stereocenters. The number of hydrogen-bond donors (Lipinski definition) is 1. The Balaban J connectivity index is 2.17. The van der Waals surface area contributed by atoms with E-state index in [1.165, 1.54) is 5.56 Å². The number of halogens is 2. The largest absolute Gasteiger partial charge is 0.497 e. The lowest BCUT2D eigenvalue weighted by Gasteiger charge is -2.14. The number of ether oxygens (including phenoxy) is 1. The average molecular weight is 385 g/mol. The van der Waals surface area contributed by atoms with Crippen LogP contribution < -0.4 is 10.5 Å². The van der Waals surface area contributed by atoms with Gasteiger partial charge in [0.25, 0.3) is 0 Å². The van der Waals surface area contributed by atoms with Crippen LogP contribution in [0.1, 0.15) is 17.2 Å². The SMILES string of the molecule is COc1cccc(CC(N)c2cc(Br)cc(Br)c2)c1. The average Bonchev–Trinajstić information content (AvgIpc) is 2.37. The fraction of sp³-hybridized carbons (Fsp3) is 0.200. The van der Waals surface area contributed by atoms with Crippen LogP contribution in [0.5, 0.6) is 5.75 Å². The van der Waals surface area contributed by atoms with Crippen molar-refractivity contribution in [1.82, 2.24) is 0 Å². The third-order valence-electron chi connectivity index (χ3n) is 2.90. The molecule has 0 aliphatic rings. The fourth-order valence-electron chi connectivity index (χ4n) is 1.96. The van der Waals surface area contributed by atoms with Crippen LogP contribution in [0.3, 0.4) is 0 Å². The lowest BCUT2D eigenvalue weighted by atomic mass is 10.00. The van der Waals surface area contributed by atoms with Crippen molar-refractivity contribution in [3.8, 4) is 5.75 Å². The van der Waals surface area contributed by atoms with E-state index in [-0.39, 0.29) is 6.04 Å². The Morgan fingerprint density at radius 1 is 1.11 bits per heavy atom. The maximum atomic E-state index is 6.27. The second-order valence-corrected chi connectivity index (χ2v) is 6.20. The van der Waals surface area contributed by atoms with E-state index in [0.29, 0.717) is 0 Å². The van der Waals surface area contributed by atoms with Gasteiger partial charge in [-0.25, -0.2) is 0 Å². The maximum absolute atomic E-state index is 6.27. The molecule has 0 amide bonds. The van der Waals surface area contributed by atoms with Crippen molar-refractivity contribution in [2.45, 2.75) is 12.5 Å². The Bertz CT molecular complexity index is 552. The highest BCUT2D eigenvalue weighted by Gasteiger charge is 2.09. The molecule has 0 aromatic heterocycles. The summed E-state index contributed by atoms with van der Waals surface area (Å²) in [7, 11) is 1.67. The second kappa shape index (κ2) is 6.55. The molecule has 1 atom stereocenters. The molecule has 19 heavy (non-hydrogen) atoms. The summed E-state index contributed by atoms with van der Waals surface area (Å²) in [4.78, 5) is 0. The van der Waals surface area contributed by atoms with Crippen LogP contribution in [-0.4, -0.2) is 7.11 Å². The summed E-state index contributed by atoms with van der Waals surface area (Å²) in [6.45, 7) is 0. The predicted octanol–water partition coefficient (Wildman–Crippen LogP) is 4.46. The predicted molar refractivity (Wildman–Crippen MR) is 85.5 cm³/mol. The molecule has 0 bridgehead atoms. The topological polar surface area (TPSA) is 35.2 Å². The van der Waals surface area contributed by atoms with Crippen LogP contribution in [0.25, 0.3) is 0 Å². The van der Waals surface area contributed by atoms with Gasteiger partial charge in [-0.05, 0) is 47.9 Å². The molecule has 0 saturated heterocycles. The molecule has 4 heteroatoms. The van der Waals surface area contributed by atoms with E-state index in [0.717, 1.165) is 26.7 Å². The van der Waals surface area contributed by atoms with Crippen molar-refractivity contribution in [2.75, 3.05) is 7.11 Å². The summed E-state index contributed by atoms with van der Waals surface area (Å²) in [5.74, 6) is 0.861. The maximum Gasteiger partial charge on any atom is 0.119 e. The summed E-state index contributed by atoms with van der Waals surface area (Å²) >= 11 is 6.97. The Labute approximate surface area is 130 Å². The van der Waals surface area contributed by atoms with E-state index in [9.17, 15) is 0 Å². The van der Waals surface area contributed by atoms with Gasteiger partial charge in [-0.15, -0.1) is 0 Å². The van der Waals surface area contributed by atoms with E-state index >= 15 is 0 Å². The summed E-state index contributed by atoms with van der Waals surface area (Å²) in [6, 6.07) is 14.1. The minimum Gasteiger partial charge on any atom is -0.497 e. The van der Waals surface area contributed by atoms with Gasteiger partial charge in [-0.2, -0.15) is 0 Å². The zero-order chi connectivity index (χ0) is 13.8. The third-order valence-corrected chi connectivity index (χ3v) is 3.82. The molecule has 2 nitrogen and oxygen atoms in total. The molecule has 100 valence electrons. The van der Waals surface area contributed by atoms with E-state index < -0.39 is 0 Å². The quantitative estimate of drug-likeness (QED) is 0.844. The fourth-order valence-corrected chi connectivity index (χ4v) is 3.29. The van der Waals surface area contributed by atoms with Gasteiger partial charge in [0.1, 0.15) is 5.75 Å². The molecule has 0 radical (unpaired) electrons. The molecule has 2 aromatic carbocycles. The van der Waals surface area contributed by atoms with E-state index in [1.54, 1.807) is 7.11 Å². The highest BCUT2D eigenvalue weighted by atomic mass is 79.9. The third kappa shape index (κ3) is 4.06. The van der Waals surface area contributed by atoms with Crippen LogP contribution in [0.15, 0.2) is 51.4 Å². The molecular weight excluding hydrogens is 370 g/mol. The summed E-state index contributed by atoms with van der Waals surface area (Å²) in [6.07, 6.45) is 0.778. The molecule has 0 aliphatic heterocycles. The number of nitrogens with two attached hydrogens (primary N) is 1.